The van der Waals surface area contributed by atoms with Crippen LogP contribution in [0.25, 0.3) is 0 Å². The quantitative estimate of drug-likeness (QED) is 0.461. The molecule has 0 bridgehead atoms. The van der Waals surface area contributed by atoms with Crippen LogP contribution in [-0.2, 0) is 50.9 Å². The molecule has 0 rings (SSSR count). The van der Waals surface area contributed by atoms with Crippen molar-refractivity contribution in [3.8, 4) is 0 Å². The molecule has 4 radical (unpaired) electrons. The van der Waals surface area contributed by atoms with E-state index in [1.54, 1.807) is 0 Å². The molecule has 0 saturated heterocycles. The van der Waals surface area contributed by atoms with Crippen molar-refractivity contribution in [2.75, 3.05) is 0 Å². The Hall–Kier alpha value is 2.31. The molecule has 4 heavy (non-hydrogen) atoms. The zero-order valence-corrected chi connectivity index (χ0v) is 6.51. The second-order valence-electron chi connectivity index (χ2n) is 0. The van der Waals surface area contributed by atoms with Gasteiger partial charge in [-0.2, -0.15) is 0 Å². The molecule has 0 aliphatic rings. The Morgan fingerprint density at radius 3 is 1.00 bits per heavy atom. The van der Waals surface area contributed by atoms with E-state index in [1.807, 2.05) is 0 Å². The van der Waals surface area contributed by atoms with Crippen molar-refractivity contribution < 1.29 is 50.9 Å². The first kappa shape index (κ1) is 33.3. The summed E-state index contributed by atoms with van der Waals surface area (Å²) in [4.78, 5) is 0. The Kier molecular flexibility index (Phi) is 154. The van der Waals surface area contributed by atoms with Gasteiger partial charge < -0.3 is 0 Å². The van der Waals surface area contributed by atoms with Crippen molar-refractivity contribution in [1.29, 1.82) is 0 Å². The van der Waals surface area contributed by atoms with E-state index in [2.05, 4.69) is 0 Å². The summed E-state index contributed by atoms with van der Waals surface area (Å²) in [5.74, 6) is 0. The third-order valence-electron chi connectivity index (χ3n) is 0. The normalized spacial score (nSPS) is 0. The Labute approximate surface area is 73.1 Å². The molecule has 0 aromatic rings. The summed E-state index contributed by atoms with van der Waals surface area (Å²) in [6.45, 7) is 0. The van der Waals surface area contributed by atoms with Crippen LogP contribution in [0.5, 0.6) is 0 Å². The van der Waals surface area contributed by atoms with Crippen LogP contribution in [0, 0.1) is 0 Å². The molecule has 0 unspecified atom stereocenters. The first-order valence-corrected chi connectivity index (χ1v) is 0. The van der Waals surface area contributed by atoms with E-state index in [0.29, 0.717) is 0 Å². The zero-order valence-electron chi connectivity index (χ0n) is 1.77. The average Bonchev–Trinajstić information content (AvgIpc) is 0. The van der Waals surface area contributed by atoms with Crippen LogP contribution in [0.4, 0.5) is 0 Å². The summed E-state index contributed by atoms with van der Waals surface area (Å²) in [7, 11) is 0. The van der Waals surface area contributed by atoms with E-state index in [9.17, 15) is 0 Å². The molecule has 0 aliphatic heterocycles. The predicted octanol–water partition coefficient (Wildman–Crippen LogP) is -0.388. The first-order valence-electron chi connectivity index (χ1n) is 0. The molecule has 0 amide bonds. The zero-order chi connectivity index (χ0) is 0. The maximum Gasteiger partial charge on any atom is 0 e. The fourth-order valence-electron chi connectivity index (χ4n) is 0. The van der Waals surface area contributed by atoms with Crippen molar-refractivity contribution in [2.45, 2.75) is 0 Å². The van der Waals surface area contributed by atoms with Gasteiger partial charge in [-0.3, -0.25) is 0 Å². The average molecular weight is 194 g/mol. The second kappa shape index (κ2) is 18.5. The van der Waals surface area contributed by atoms with E-state index in [-0.39, 0.29) is 74.0 Å². The molecule has 0 nitrogen and oxygen atoms in total. The monoisotopic (exact) mass is 194 g/mol. The van der Waals surface area contributed by atoms with E-state index in [0.717, 1.165) is 0 Å². The van der Waals surface area contributed by atoms with E-state index < -0.39 is 0 Å². The summed E-state index contributed by atoms with van der Waals surface area (Å²) in [5.41, 5.74) is 0. The molecule has 0 heterocycles. The largest absolute Gasteiger partial charge is 0 e. The molecular formula is CoFeMgMn. The third-order valence-corrected chi connectivity index (χ3v) is 0. The predicted molar refractivity (Wildman–Crippen MR) is 5.75 cm³/mol. The third kappa shape index (κ3) is 8.85. The van der Waals surface area contributed by atoms with Gasteiger partial charge in [0.05, 0.1) is 0 Å². The minimum absolute atomic E-state index is 0. The van der Waals surface area contributed by atoms with Gasteiger partial charge in [-0.05, 0) is 0 Å². The van der Waals surface area contributed by atoms with Gasteiger partial charge in [0.2, 0.25) is 0 Å². The molecule has 0 atom stereocenters. The number of rotatable bonds is 0. The van der Waals surface area contributed by atoms with Crippen LogP contribution in [0.15, 0.2) is 0 Å². The molecule has 0 aromatic carbocycles. The Balaban J connectivity index is 0. The molecule has 0 spiro atoms. The molecule has 26 valence electrons. The molecule has 0 fully saturated rings. The van der Waals surface area contributed by atoms with Crippen LogP contribution >= 0.6 is 0 Å². The van der Waals surface area contributed by atoms with Gasteiger partial charge in [-0.25, -0.2) is 0 Å². The van der Waals surface area contributed by atoms with Crippen molar-refractivity contribution in [3.05, 3.63) is 0 Å². The summed E-state index contributed by atoms with van der Waals surface area (Å²) in [5, 5.41) is 0. The summed E-state index contributed by atoms with van der Waals surface area (Å²) in [6, 6.07) is 0. The van der Waals surface area contributed by atoms with Crippen molar-refractivity contribution in [2.24, 2.45) is 0 Å². The second-order valence-corrected chi connectivity index (χ2v) is 0. The summed E-state index contributed by atoms with van der Waals surface area (Å²) < 4.78 is 0. The Morgan fingerprint density at radius 2 is 1.00 bits per heavy atom. The topological polar surface area (TPSA) is 0 Å². The molecule has 0 saturated carbocycles. The van der Waals surface area contributed by atoms with E-state index in [4.69, 9.17) is 0 Å². The number of hydrogen-bond donors (Lipinski definition) is 0. The van der Waals surface area contributed by atoms with E-state index in [1.165, 1.54) is 0 Å². The fourth-order valence-corrected chi connectivity index (χ4v) is 0. The van der Waals surface area contributed by atoms with Crippen molar-refractivity contribution in [3.63, 3.8) is 0 Å². The van der Waals surface area contributed by atoms with Crippen molar-refractivity contribution in [1.82, 2.24) is 0 Å². The molecule has 0 aromatic heterocycles. The molecule has 4 heteroatoms. The minimum atomic E-state index is 0. The molecule has 0 aliphatic carbocycles. The Bertz CT molecular complexity index is 8.00. The smallest absolute Gasteiger partial charge is 0 e. The SMILES string of the molecule is [Co].[Fe].[Mg].[Mn]. The molecule has 0 N–H and O–H groups in total. The maximum atomic E-state index is 0. The van der Waals surface area contributed by atoms with Gasteiger partial charge in [-0.15, -0.1) is 0 Å². The van der Waals surface area contributed by atoms with Gasteiger partial charge in [0.1, 0.15) is 0 Å². The minimum Gasteiger partial charge on any atom is 0 e. The van der Waals surface area contributed by atoms with E-state index >= 15 is 0 Å². The van der Waals surface area contributed by atoms with Gasteiger partial charge in [0, 0.05) is 74.0 Å². The number of hydrogen-bond acceptors (Lipinski definition) is 0. The summed E-state index contributed by atoms with van der Waals surface area (Å²) >= 11 is 0. The maximum absolute atomic E-state index is 0. The first-order chi connectivity index (χ1) is 0. The van der Waals surface area contributed by atoms with Gasteiger partial charge >= 0.3 is 0 Å². The van der Waals surface area contributed by atoms with Crippen LogP contribution in [0.3, 0.4) is 0 Å². The van der Waals surface area contributed by atoms with Gasteiger partial charge in [0.25, 0.3) is 0 Å². The fraction of sp³-hybridized carbons (Fsp3) is 0. The molecular weight excluding hydrogens is 194 g/mol. The van der Waals surface area contributed by atoms with Crippen LogP contribution < -0.4 is 0 Å². The van der Waals surface area contributed by atoms with Crippen LogP contribution in [0.1, 0.15) is 0 Å². The van der Waals surface area contributed by atoms with Crippen molar-refractivity contribution >= 4 is 23.1 Å². The van der Waals surface area contributed by atoms with Gasteiger partial charge in [-0.1, -0.05) is 0 Å². The van der Waals surface area contributed by atoms with Crippen LogP contribution in [0.2, 0.25) is 0 Å². The summed E-state index contributed by atoms with van der Waals surface area (Å²) in [6.07, 6.45) is 0. The Morgan fingerprint density at radius 1 is 1.00 bits per heavy atom. The standard InChI is InChI=1S/Co.Fe.Mg.Mn. The van der Waals surface area contributed by atoms with Crippen LogP contribution in [-0.4, -0.2) is 23.1 Å². The van der Waals surface area contributed by atoms with Gasteiger partial charge in [0.15, 0.2) is 0 Å².